The topological polar surface area (TPSA) is 240 Å². The zero-order valence-electron chi connectivity index (χ0n) is 38.1. The molecule has 17 nitrogen and oxygen atoms in total. The minimum Gasteiger partial charge on any atom is -0.481 e. The predicted octanol–water partition coefficient (Wildman–Crippen LogP) is 6.98. The Morgan fingerprint density at radius 1 is 0.797 bits per heavy atom. The van der Waals surface area contributed by atoms with E-state index >= 15 is 0 Å². The molecule has 0 fully saturated rings. The molecule has 2 aromatic carbocycles. The number of aryl methyl sites for hydroxylation is 5. The summed E-state index contributed by atoms with van der Waals surface area (Å²) in [6.07, 6.45) is 5.92. The largest absolute Gasteiger partial charge is 0.481 e. The summed E-state index contributed by atoms with van der Waals surface area (Å²) in [5, 5.41) is 26.6. The fourth-order valence-electron chi connectivity index (χ4n) is 8.74. The quantitative estimate of drug-likeness (QED) is 0.106. The number of primary amides is 1. The number of sulfonamides is 1. The van der Waals surface area contributed by atoms with Gasteiger partial charge >= 0.3 is 5.97 Å². The number of carboxylic acids is 1. The molecule has 0 radical (unpaired) electrons. The molecule has 0 saturated carbocycles. The SMILES string of the molecule is CCn1nc(-c2nc(-c3cc(C)c(CC(N)=O)c(C)c3)no2)c2c1CC(C)(C)CC2.CCn1nc(-c2nc(-c3ccc(S(=O)(=O)NCCC(=O)O)cc3C)no2)c2c1CC(C)(C)CC2. The van der Waals surface area contributed by atoms with Gasteiger partial charge in [-0.2, -0.15) is 20.2 Å². The van der Waals surface area contributed by atoms with Gasteiger partial charge in [0.2, 0.25) is 27.6 Å². The maximum Gasteiger partial charge on any atom is 0.304 e. The number of hydrogen-bond donors (Lipinski definition) is 3. The fraction of sp³-hybridized carbons (Fsp3) is 0.478. The van der Waals surface area contributed by atoms with Gasteiger partial charge in [0, 0.05) is 53.3 Å². The lowest BCUT2D eigenvalue weighted by Crippen LogP contribution is -2.26. The fourth-order valence-corrected chi connectivity index (χ4v) is 9.85. The number of carbonyl (C=O) groups is 2. The van der Waals surface area contributed by atoms with Crippen molar-refractivity contribution in [2.45, 2.75) is 132 Å². The molecule has 64 heavy (non-hydrogen) atoms. The van der Waals surface area contributed by atoms with Gasteiger partial charge in [0.05, 0.1) is 17.7 Å². The lowest BCUT2D eigenvalue weighted by molar-refractivity contribution is -0.136. The van der Waals surface area contributed by atoms with Gasteiger partial charge in [-0.3, -0.25) is 19.0 Å². The molecule has 0 unspecified atom stereocenters. The predicted molar refractivity (Wildman–Crippen MR) is 239 cm³/mol. The van der Waals surface area contributed by atoms with Crippen molar-refractivity contribution in [2.24, 2.45) is 16.6 Å². The molecule has 6 aromatic rings. The van der Waals surface area contributed by atoms with Crippen molar-refractivity contribution in [1.82, 2.24) is 44.6 Å². The molecule has 18 heteroatoms. The van der Waals surface area contributed by atoms with Crippen LogP contribution < -0.4 is 10.5 Å². The number of aromatic nitrogens is 8. The van der Waals surface area contributed by atoms with Crippen molar-refractivity contribution in [2.75, 3.05) is 6.54 Å². The molecule has 1 amide bonds. The van der Waals surface area contributed by atoms with Crippen LogP contribution >= 0.6 is 0 Å². The zero-order chi connectivity index (χ0) is 46.3. The van der Waals surface area contributed by atoms with E-state index in [-0.39, 0.29) is 41.0 Å². The van der Waals surface area contributed by atoms with Crippen molar-refractivity contribution in [3.05, 3.63) is 75.1 Å². The van der Waals surface area contributed by atoms with Crippen LogP contribution in [-0.2, 0) is 64.8 Å². The Balaban J connectivity index is 0.000000193. The molecule has 0 saturated heterocycles. The summed E-state index contributed by atoms with van der Waals surface area (Å²) < 4.78 is 42.5. The summed E-state index contributed by atoms with van der Waals surface area (Å²) in [6.45, 7) is 20.4. The molecule has 8 rings (SSSR count). The van der Waals surface area contributed by atoms with Gasteiger partial charge in [0.25, 0.3) is 11.8 Å². The van der Waals surface area contributed by atoms with Crippen LogP contribution in [-0.4, -0.2) is 71.8 Å². The number of fused-ring (bicyclic) bond motifs is 2. The second kappa shape index (κ2) is 17.9. The van der Waals surface area contributed by atoms with Crippen LogP contribution in [0.5, 0.6) is 0 Å². The highest BCUT2D eigenvalue weighted by atomic mass is 32.2. The molecule has 4 N–H and O–H groups in total. The number of nitrogens with one attached hydrogen (secondary N) is 1. The minimum atomic E-state index is -3.83. The van der Waals surface area contributed by atoms with Crippen LogP contribution in [0.2, 0.25) is 0 Å². The number of carbonyl (C=O) groups excluding carboxylic acids is 1. The minimum absolute atomic E-state index is 0.0428. The smallest absolute Gasteiger partial charge is 0.304 e. The van der Waals surface area contributed by atoms with E-state index in [0.717, 1.165) is 85.1 Å². The Hall–Kier alpha value is -6.01. The maximum atomic E-state index is 12.5. The van der Waals surface area contributed by atoms with Gasteiger partial charge in [-0.25, -0.2) is 13.1 Å². The molecule has 0 atom stereocenters. The van der Waals surface area contributed by atoms with E-state index in [1.54, 1.807) is 13.0 Å². The molecule has 4 aromatic heterocycles. The van der Waals surface area contributed by atoms with Crippen LogP contribution in [0.4, 0.5) is 0 Å². The van der Waals surface area contributed by atoms with Gasteiger partial charge in [-0.05, 0) is 137 Å². The molecule has 0 aliphatic heterocycles. The number of aliphatic carboxylic acids is 1. The van der Waals surface area contributed by atoms with Gasteiger partial charge in [-0.15, -0.1) is 0 Å². The third-order valence-corrected chi connectivity index (χ3v) is 13.7. The van der Waals surface area contributed by atoms with Crippen LogP contribution in [0, 0.1) is 31.6 Å². The first-order valence-corrected chi connectivity index (χ1v) is 23.2. The molecule has 4 heterocycles. The van der Waals surface area contributed by atoms with Gasteiger partial charge in [0.1, 0.15) is 0 Å². The van der Waals surface area contributed by atoms with Crippen molar-refractivity contribution < 1.29 is 32.2 Å². The molecular formula is C46H58N10O7S. The number of amides is 1. The highest BCUT2D eigenvalue weighted by molar-refractivity contribution is 7.89. The Labute approximate surface area is 373 Å². The summed E-state index contributed by atoms with van der Waals surface area (Å²) in [4.78, 5) is 31.3. The summed E-state index contributed by atoms with van der Waals surface area (Å²) >= 11 is 0. The second-order valence-corrected chi connectivity index (χ2v) is 20.2. The summed E-state index contributed by atoms with van der Waals surface area (Å²) in [6, 6.07) is 8.52. The van der Waals surface area contributed by atoms with Crippen LogP contribution in [0.1, 0.15) is 106 Å². The highest BCUT2D eigenvalue weighted by Crippen LogP contribution is 2.41. The number of nitrogens with two attached hydrogens (primary N) is 1. The van der Waals surface area contributed by atoms with E-state index in [1.807, 2.05) is 30.7 Å². The number of rotatable bonds is 13. The van der Waals surface area contributed by atoms with Gasteiger partial charge in [0.15, 0.2) is 11.4 Å². The van der Waals surface area contributed by atoms with E-state index in [2.05, 4.69) is 71.2 Å². The van der Waals surface area contributed by atoms with Crippen molar-refractivity contribution in [3.8, 4) is 45.9 Å². The van der Waals surface area contributed by atoms with E-state index in [1.165, 1.54) is 29.1 Å². The molecule has 0 bridgehead atoms. The van der Waals surface area contributed by atoms with Gasteiger partial charge in [-0.1, -0.05) is 38.0 Å². The summed E-state index contributed by atoms with van der Waals surface area (Å²) in [5.41, 5.74) is 17.4. The van der Waals surface area contributed by atoms with E-state index in [4.69, 9.17) is 30.1 Å². The summed E-state index contributed by atoms with van der Waals surface area (Å²) in [5.74, 6) is 0.282. The van der Waals surface area contributed by atoms with Crippen molar-refractivity contribution >= 4 is 21.9 Å². The Bertz CT molecular complexity index is 2820. The molecule has 340 valence electrons. The van der Waals surface area contributed by atoms with E-state index < -0.39 is 16.0 Å². The Morgan fingerprint density at radius 3 is 1.80 bits per heavy atom. The first-order valence-electron chi connectivity index (χ1n) is 21.8. The van der Waals surface area contributed by atoms with Crippen molar-refractivity contribution in [1.29, 1.82) is 0 Å². The van der Waals surface area contributed by atoms with Crippen LogP contribution in [0.3, 0.4) is 0 Å². The standard InChI is InChI=1S/C23H29N5O5S.C23H29N5O2/c1-5-28-18-13-23(3,4)10-8-17(18)20(26-28)22-25-21(27-33-22)16-7-6-15(12-14(16)2)34(31,32)24-11-9-19(29)30;1-6-28-18-12-23(4,5)8-7-16(18)20(26-28)22-25-21(27-30-22)15-9-13(2)17(11-19(24)29)14(3)10-15/h6-7,12,24H,5,8-11,13H2,1-4H3,(H,29,30);9-10H,6-8,11-12H2,1-5H3,(H2,24,29). The Morgan fingerprint density at radius 2 is 1.31 bits per heavy atom. The molecular weight excluding hydrogens is 837 g/mol. The lowest BCUT2D eigenvalue weighted by atomic mass is 9.76. The van der Waals surface area contributed by atoms with Crippen LogP contribution in [0.15, 0.2) is 44.3 Å². The number of nitrogens with zero attached hydrogens (tertiary/aromatic N) is 8. The van der Waals surface area contributed by atoms with Crippen molar-refractivity contribution in [3.63, 3.8) is 0 Å². The molecule has 0 spiro atoms. The lowest BCUT2D eigenvalue weighted by Gasteiger charge is -2.30. The molecule has 2 aliphatic rings. The summed E-state index contributed by atoms with van der Waals surface area (Å²) in [7, 11) is -3.83. The number of benzene rings is 2. The average molecular weight is 895 g/mol. The van der Waals surface area contributed by atoms with Crippen LogP contribution in [0.25, 0.3) is 45.9 Å². The first-order chi connectivity index (χ1) is 30.2. The number of carboxylic acid groups (broad SMARTS) is 1. The number of hydrogen-bond acceptors (Lipinski definition) is 12. The second-order valence-electron chi connectivity index (χ2n) is 18.5. The zero-order valence-corrected chi connectivity index (χ0v) is 38.9. The third-order valence-electron chi connectivity index (χ3n) is 12.3. The van der Waals surface area contributed by atoms with E-state index in [0.29, 0.717) is 40.3 Å². The highest BCUT2D eigenvalue weighted by Gasteiger charge is 2.34. The van der Waals surface area contributed by atoms with Gasteiger partial charge < -0.3 is 19.9 Å². The normalized spacial score (nSPS) is 15.3. The van der Waals surface area contributed by atoms with E-state index in [9.17, 15) is 18.0 Å². The third kappa shape index (κ3) is 9.72. The average Bonchev–Trinajstić information content (AvgIpc) is 4.03. The maximum absolute atomic E-state index is 12.5. The monoisotopic (exact) mass is 894 g/mol. The Kier molecular flexibility index (Phi) is 12.8. The molecule has 2 aliphatic carbocycles. The first kappa shape index (κ1) is 46.0.